The number of hydrogen-bond donors (Lipinski definition) is 9. The first-order chi connectivity index (χ1) is 27.8. The van der Waals surface area contributed by atoms with Crippen LogP contribution in [0.15, 0.2) is 0 Å². The number of likely N-dealkylation sites (tertiary alicyclic amines) is 1. The Morgan fingerprint density at radius 2 is 1.22 bits per heavy atom. The molecule has 2 aliphatic rings. The van der Waals surface area contributed by atoms with Crippen LogP contribution in [0.2, 0.25) is 0 Å². The number of aliphatic carboxylic acids is 3. The van der Waals surface area contributed by atoms with Crippen LogP contribution in [0.25, 0.3) is 0 Å². The summed E-state index contributed by atoms with van der Waals surface area (Å²) < 4.78 is 0. The van der Waals surface area contributed by atoms with E-state index in [2.05, 4.69) is 26.6 Å². The zero-order valence-electron chi connectivity index (χ0n) is 34.0. The second-order valence-electron chi connectivity index (χ2n) is 15.3. The van der Waals surface area contributed by atoms with Crippen LogP contribution < -0.4 is 31.9 Å². The maximum Gasteiger partial charge on any atom is 0.322 e. The molecule has 0 aromatic heterocycles. The number of nitrogens with zero attached hydrogens (tertiary/aromatic N) is 1. The van der Waals surface area contributed by atoms with Crippen LogP contribution in [-0.2, 0) is 52.7 Å². The zero-order valence-corrected chi connectivity index (χ0v) is 34.0. The lowest BCUT2D eigenvalue weighted by Crippen LogP contribution is -2.61. The molecule has 21 nitrogen and oxygen atoms in total. The Morgan fingerprint density at radius 1 is 0.644 bits per heavy atom. The smallest absolute Gasteiger partial charge is 0.322 e. The van der Waals surface area contributed by atoms with Crippen LogP contribution in [-0.4, -0.2) is 135 Å². The molecule has 0 radical (unpaired) electrons. The van der Waals surface area contributed by atoms with Crippen molar-refractivity contribution in [3.8, 4) is 0 Å². The van der Waals surface area contributed by atoms with Gasteiger partial charge in [0, 0.05) is 26.3 Å². The number of carbonyl (C=O) groups excluding carboxylic acids is 8. The molecule has 0 unspecified atom stereocenters. The van der Waals surface area contributed by atoms with Crippen molar-refractivity contribution in [3.05, 3.63) is 0 Å². The van der Waals surface area contributed by atoms with E-state index in [4.69, 9.17) is 10.2 Å². The predicted octanol–water partition coefficient (Wildman–Crippen LogP) is -1.04. The quantitative estimate of drug-likeness (QED) is 0.0525. The van der Waals surface area contributed by atoms with Gasteiger partial charge in [-0.3, -0.25) is 52.7 Å². The molecule has 0 bridgehead atoms. The number of rotatable bonds is 24. The standard InChI is InChI=1S/C38H59N7O14/c1-5-10-23(32(53)37(58)39-19-29(51)52)41-35(56)26-13-9-18-45(26)38(59)31(22-11-7-6-8-12-22)44-36(57)30(20(2)3)43-34(55)25(15-17-28(49)50)42-33(54)24(40-21(4)46)14-16-27(47)48/h20,22-26,30-31H,5-19H2,1-4H3,(H,39,58)(H,40,46)(H,41,56)(H,42,54)(H,43,55)(H,44,57)(H,47,48)(H,49,50)(H,51,52)/t23-,24-,25-,26-,30-,31-/m0/s1. The van der Waals surface area contributed by atoms with Gasteiger partial charge >= 0.3 is 17.9 Å². The van der Waals surface area contributed by atoms with Gasteiger partial charge in [0.05, 0.1) is 6.04 Å². The molecule has 1 saturated heterocycles. The summed E-state index contributed by atoms with van der Waals surface area (Å²) in [7, 11) is 0. The molecule has 0 spiro atoms. The Balaban J connectivity index is 2.34. The highest BCUT2D eigenvalue weighted by Gasteiger charge is 2.43. The largest absolute Gasteiger partial charge is 0.481 e. The highest BCUT2D eigenvalue weighted by molar-refractivity contribution is 6.38. The lowest BCUT2D eigenvalue weighted by molar-refractivity contribution is -0.145. The number of carbonyl (C=O) groups is 11. The van der Waals surface area contributed by atoms with Crippen molar-refractivity contribution >= 4 is 65.0 Å². The first-order valence-electron chi connectivity index (χ1n) is 20.0. The summed E-state index contributed by atoms with van der Waals surface area (Å²) in [6.45, 7) is 5.40. The maximum absolute atomic E-state index is 14.4. The summed E-state index contributed by atoms with van der Waals surface area (Å²) in [5, 5.41) is 41.9. The molecule has 1 aliphatic carbocycles. The van der Waals surface area contributed by atoms with Crippen molar-refractivity contribution in [2.24, 2.45) is 11.8 Å². The second-order valence-corrected chi connectivity index (χ2v) is 15.3. The Morgan fingerprint density at radius 3 is 1.75 bits per heavy atom. The Labute approximate surface area is 341 Å². The molecule has 0 aromatic rings. The maximum atomic E-state index is 14.4. The molecule has 59 heavy (non-hydrogen) atoms. The van der Waals surface area contributed by atoms with E-state index in [1.165, 1.54) is 4.90 Å². The van der Waals surface area contributed by atoms with Gasteiger partial charge in [-0.25, -0.2) is 0 Å². The fraction of sp³-hybridized carbons (Fsp3) is 0.711. The van der Waals surface area contributed by atoms with E-state index in [-0.39, 0.29) is 31.7 Å². The van der Waals surface area contributed by atoms with Crippen LogP contribution in [0.3, 0.4) is 0 Å². The number of hydrogen-bond acceptors (Lipinski definition) is 11. The molecular formula is C38H59N7O14. The topological polar surface area (TPSA) is 324 Å². The summed E-state index contributed by atoms with van der Waals surface area (Å²) >= 11 is 0. The number of amides is 7. The fourth-order valence-corrected chi connectivity index (χ4v) is 7.18. The van der Waals surface area contributed by atoms with E-state index in [0.29, 0.717) is 25.7 Å². The first-order valence-corrected chi connectivity index (χ1v) is 20.0. The highest BCUT2D eigenvalue weighted by atomic mass is 16.4. The Hall–Kier alpha value is -5.63. The van der Waals surface area contributed by atoms with Gasteiger partial charge < -0.3 is 52.1 Å². The van der Waals surface area contributed by atoms with Gasteiger partial charge in [-0.2, -0.15) is 0 Å². The van der Waals surface area contributed by atoms with Crippen molar-refractivity contribution < 1.29 is 68.1 Å². The molecule has 2 fully saturated rings. The third kappa shape index (κ3) is 16.3. The van der Waals surface area contributed by atoms with Gasteiger partial charge in [-0.15, -0.1) is 0 Å². The zero-order chi connectivity index (χ0) is 44.4. The van der Waals surface area contributed by atoms with Crippen molar-refractivity contribution in [2.75, 3.05) is 13.1 Å². The summed E-state index contributed by atoms with van der Waals surface area (Å²) in [5.74, 6) is -11.7. The molecule has 2 rings (SSSR count). The van der Waals surface area contributed by atoms with Gasteiger partial charge in [0.15, 0.2) is 0 Å². The van der Waals surface area contributed by atoms with Crippen LogP contribution in [0.1, 0.15) is 111 Å². The lowest BCUT2D eigenvalue weighted by atomic mass is 9.83. The average molecular weight is 838 g/mol. The van der Waals surface area contributed by atoms with E-state index >= 15 is 0 Å². The minimum Gasteiger partial charge on any atom is -0.481 e. The highest BCUT2D eigenvalue weighted by Crippen LogP contribution is 2.30. The third-order valence-corrected chi connectivity index (χ3v) is 10.2. The molecular weight excluding hydrogens is 778 g/mol. The second kappa shape index (κ2) is 24.3. The number of Topliss-reactive ketones (excluding diaryl/α,β-unsaturated/α-hetero) is 1. The lowest BCUT2D eigenvalue weighted by Gasteiger charge is -2.36. The summed E-state index contributed by atoms with van der Waals surface area (Å²) in [6.07, 6.45) is 2.81. The van der Waals surface area contributed by atoms with E-state index < -0.39 is 133 Å². The average Bonchev–Trinajstić information content (AvgIpc) is 3.67. The van der Waals surface area contributed by atoms with Crippen molar-refractivity contribution in [3.63, 3.8) is 0 Å². The number of nitrogens with one attached hydrogen (secondary N) is 6. The molecule has 0 aromatic carbocycles. The van der Waals surface area contributed by atoms with E-state index in [1.807, 2.05) is 5.32 Å². The minimum atomic E-state index is -1.53. The first kappa shape index (κ1) is 49.5. The van der Waals surface area contributed by atoms with E-state index in [9.17, 15) is 57.8 Å². The van der Waals surface area contributed by atoms with Gasteiger partial charge in [0.25, 0.3) is 5.91 Å². The van der Waals surface area contributed by atoms with Crippen LogP contribution in [0, 0.1) is 11.8 Å². The third-order valence-electron chi connectivity index (χ3n) is 10.2. The molecule has 1 heterocycles. The van der Waals surface area contributed by atoms with Crippen molar-refractivity contribution in [1.82, 2.24) is 36.8 Å². The molecule has 9 N–H and O–H groups in total. The minimum absolute atomic E-state index is 0.0657. The number of ketones is 1. The molecule has 7 amide bonds. The van der Waals surface area contributed by atoms with Crippen LogP contribution in [0.4, 0.5) is 0 Å². The summed E-state index contributed by atoms with van der Waals surface area (Å²) in [6, 6.07) is -7.69. The SMILES string of the molecule is CCC[C@H](NC(=O)[C@@H]1CCCN1C(=O)[C@@H](NC(=O)[C@@H](NC(=O)[C@H](CCC(=O)O)NC(=O)[C@H](CCC(=O)O)NC(C)=O)C(C)C)C1CCCCC1)C(=O)C(=O)NCC(=O)O. The number of carboxylic acid groups (broad SMARTS) is 3. The predicted molar refractivity (Wildman–Crippen MR) is 206 cm³/mol. The monoisotopic (exact) mass is 837 g/mol. The summed E-state index contributed by atoms with van der Waals surface area (Å²) in [5.41, 5.74) is 0. The van der Waals surface area contributed by atoms with Crippen LogP contribution >= 0.6 is 0 Å². The van der Waals surface area contributed by atoms with Gasteiger partial charge in [0.1, 0.15) is 36.8 Å². The van der Waals surface area contributed by atoms with Gasteiger partial charge in [-0.1, -0.05) is 46.5 Å². The molecule has 1 saturated carbocycles. The van der Waals surface area contributed by atoms with Crippen molar-refractivity contribution in [2.45, 2.75) is 147 Å². The van der Waals surface area contributed by atoms with Gasteiger partial charge in [0.2, 0.25) is 41.2 Å². The normalized spacial score (nSPS) is 17.9. The van der Waals surface area contributed by atoms with Gasteiger partial charge in [-0.05, 0) is 56.8 Å². The molecule has 330 valence electrons. The fourth-order valence-electron chi connectivity index (χ4n) is 7.18. The van der Waals surface area contributed by atoms with Crippen LogP contribution in [0.5, 0.6) is 0 Å². The molecule has 6 atom stereocenters. The molecule has 1 aliphatic heterocycles. The Bertz CT molecular complexity index is 1580. The summed E-state index contributed by atoms with van der Waals surface area (Å²) in [4.78, 5) is 141. The number of carboxylic acids is 3. The Kier molecular flexibility index (Phi) is 20.4. The van der Waals surface area contributed by atoms with Crippen molar-refractivity contribution in [1.29, 1.82) is 0 Å². The van der Waals surface area contributed by atoms with E-state index in [1.54, 1.807) is 20.8 Å². The van der Waals surface area contributed by atoms with E-state index in [0.717, 1.165) is 26.2 Å². The molecule has 21 heteroatoms.